The van der Waals surface area contributed by atoms with Gasteiger partial charge in [-0.25, -0.2) is 0 Å². The third-order valence-electron chi connectivity index (χ3n) is 3.98. The van der Waals surface area contributed by atoms with Crippen molar-refractivity contribution < 1.29 is 13.2 Å². The molecule has 0 bridgehead atoms. The lowest BCUT2D eigenvalue weighted by Gasteiger charge is -2.31. The zero-order chi connectivity index (χ0) is 14.9. The van der Waals surface area contributed by atoms with E-state index in [2.05, 4.69) is 18.7 Å². The highest BCUT2D eigenvalue weighted by Crippen LogP contribution is 2.37. The Morgan fingerprint density at radius 2 is 2.05 bits per heavy atom. The number of benzene rings is 1. The van der Waals surface area contributed by atoms with Crippen molar-refractivity contribution in [2.45, 2.75) is 51.4 Å². The van der Waals surface area contributed by atoms with Crippen LogP contribution >= 0.6 is 0 Å². The number of anilines is 1. The van der Waals surface area contributed by atoms with Gasteiger partial charge in [0.1, 0.15) is 6.07 Å². The summed E-state index contributed by atoms with van der Waals surface area (Å²) in [6.45, 7) is 4.11. The molecule has 0 amide bonds. The van der Waals surface area contributed by atoms with Crippen molar-refractivity contribution in [2.24, 2.45) is 0 Å². The fourth-order valence-electron chi connectivity index (χ4n) is 2.93. The normalized spacial score (nSPS) is 22.9. The third kappa shape index (κ3) is 2.60. The first-order valence-electron chi connectivity index (χ1n) is 6.78. The lowest BCUT2D eigenvalue weighted by molar-refractivity contribution is -0.137. The Bertz CT molecular complexity index is 531. The molecular formula is C15H17F3N2. The van der Waals surface area contributed by atoms with Crippen LogP contribution in [0, 0.1) is 11.3 Å². The summed E-state index contributed by atoms with van der Waals surface area (Å²) in [6.07, 6.45) is -1.46. The molecule has 1 aliphatic heterocycles. The highest BCUT2D eigenvalue weighted by molar-refractivity contribution is 5.62. The van der Waals surface area contributed by atoms with E-state index >= 15 is 0 Å². The number of hydrogen-bond acceptors (Lipinski definition) is 2. The molecule has 0 N–H and O–H groups in total. The lowest BCUT2D eigenvalue weighted by Crippen LogP contribution is -2.34. The van der Waals surface area contributed by atoms with E-state index in [0.717, 1.165) is 31.4 Å². The van der Waals surface area contributed by atoms with Gasteiger partial charge in [0.25, 0.3) is 0 Å². The van der Waals surface area contributed by atoms with Gasteiger partial charge in [-0.1, -0.05) is 6.92 Å². The van der Waals surface area contributed by atoms with Crippen LogP contribution in [0.1, 0.15) is 44.2 Å². The highest BCUT2D eigenvalue weighted by atomic mass is 19.4. The van der Waals surface area contributed by atoms with Crippen LogP contribution in [0.4, 0.5) is 18.9 Å². The van der Waals surface area contributed by atoms with E-state index in [1.165, 1.54) is 6.07 Å². The predicted molar refractivity (Wildman–Crippen MR) is 71.4 cm³/mol. The summed E-state index contributed by atoms with van der Waals surface area (Å²) in [6, 6.07) is 5.91. The van der Waals surface area contributed by atoms with Gasteiger partial charge in [-0.05, 0) is 44.4 Å². The van der Waals surface area contributed by atoms with E-state index in [1.807, 2.05) is 6.07 Å². The number of nitrogens with zero attached hydrogens (tertiary/aromatic N) is 2. The molecular weight excluding hydrogens is 265 g/mol. The molecule has 0 saturated carbocycles. The molecule has 2 unspecified atom stereocenters. The van der Waals surface area contributed by atoms with Crippen LogP contribution in [-0.4, -0.2) is 12.1 Å². The van der Waals surface area contributed by atoms with Crippen molar-refractivity contribution in [3.8, 4) is 6.07 Å². The van der Waals surface area contributed by atoms with E-state index in [-0.39, 0.29) is 11.6 Å². The maximum Gasteiger partial charge on any atom is 0.416 e. The van der Waals surface area contributed by atoms with Gasteiger partial charge >= 0.3 is 6.18 Å². The first-order valence-corrected chi connectivity index (χ1v) is 6.78. The number of rotatable bonds is 2. The van der Waals surface area contributed by atoms with E-state index in [1.54, 1.807) is 0 Å². The Morgan fingerprint density at radius 1 is 1.35 bits per heavy atom. The summed E-state index contributed by atoms with van der Waals surface area (Å²) in [7, 11) is 0. The Hall–Kier alpha value is -1.70. The highest BCUT2D eigenvalue weighted by Gasteiger charge is 2.34. The second-order valence-electron chi connectivity index (χ2n) is 5.24. The van der Waals surface area contributed by atoms with E-state index < -0.39 is 11.7 Å². The number of hydrogen-bond donors (Lipinski definition) is 0. The summed E-state index contributed by atoms with van der Waals surface area (Å²) >= 11 is 0. The molecule has 1 fully saturated rings. The predicted octanol–water partition coefficient (Wildman–Crippen LogP) is 4.34. The zero-order valence-electron chi connectivity index (χ0n) is 11.5. The second kappa shape index (κ2) is 5.35. The molecule has 1 aliphatic rings. The van der Waals surface area contributed by atoms with Crippen LogP contribution in [0.2, 0.25) is 0 Å². The molecule has 1 heterocycles. The molecule has 2 atom stereocenters. The van der Waals surface area contributed by atoms with Gasteiger partial charge in [0.05, 0.1) is 16.8 Å². The molecule has 0 spiro atoms. The van der Waals surface area contributed by atoms with Crippen molar-refractivity contribution in [3.05, 3.63) is 29.3 Å². The summed E-state index contributed by atoms with van der Waals surface area (Å²) in [5.74, 6) is 0. The largest absolute Gasteiger partial charge is 0.416 e. The molecule has 1 aromatic carbocycles. The van der Waals surface area contributed by atoms with E-state index in [9.17, 15) is 18.4 Å². The van der Waals surface area contributed by atoms with Gasteiger partial charge < -0.3 is 4.90 Å². The first-order chi connectivity index (χ1) is 9.38. The minimum Gasteiger partial charge on any atom is -0.365 e. The van der Waals surface area contributed by atoms with Gasteiger partial charge in [-0.15, -0.1) is 0 Å². The van der Waals surface area contributed by atoms with Gasteiger partial charge in [-0.2, -0.15) is 18.4 Å². The Labute approximate surface area is 116 Å². The molecule has 1 saturated heterocycles. The molecule has 1 aromatic rings. The molecule has 0 aromatic heterocycles. The lowest BCUT2D eigenvalue weighted by atomic mass is 10.1. The van der Waals surface area contributed by atoms with E-state index in [4.69, 9.17) is 0 Å². The van der Waals surface area contributed by atoms with Gasteiger partial charge in [0.2, 0.25) is 0 Å². The summed E-state index contributed by atoms with van der Waals surface area (Å²) < 4.78 is 38.1. The standard InChI is InChI=1S/C15H17F3N2/c1-3-13-6-4-10(2)20(13)14-7-5-12(15(16,17)18)8-11(14)9-19/h5,7-8,10,13H,3-4,6H2,1-2H3. The quantitative estimate of drug-likeness (QED) is 0.806. The average Bonchev–Trinajstić information content (AvgIpc) is 2.77. The minimum absolute atomic E-state index is 0.104. The van der Waals surface area contributed by atoms with Gasteiger partial charge in [-0.3, -0.25) is 0 Å². The molecule has 2 nitrogen and oxygen atoms in total. The average molecular weight is 282 g/mol. The third-order valence-corrected chi connectivity index (χ3v) is 3.98. The maximum atomic E-state index is 12.7. The van der Waals surface area contributed by atoms with Crippen LogP contribution in [-0.2, 0) is 6.18 Å². The number of nitriles is 1. The maximum absolute atomic E-state index is 12.7. The Morgan fingerprint density at radius 3 is 2.60 bits per heavy atom. The van der Waals surface area contributed by atoms with Crippen molar-refractivity contribution in [1.29, 1.82) is 5.26 Å². The SMILES string of the molecule is CCC1CCC(C)N1c1ccc(C(F)(F)F)cc1C#N. The molecule has 0 aliphatic carbocycles. The summed E-state index contributed by atoms with van der Waals surface area (Å²) in [4.78, 5) is 2.10. The molecule has 108 valence electrons. The Kier molecular flexibility index (Phi) is 3.94. The second-order valence-corrected chi connectivity index (χ2v) is 5.24. The topological polar surface area (TPSA) is 27.0 Å². The van der Waals surface area contributed by atoms with Crippen molar-refractivity contribution in [2.75, 3.05) is 4.90 Å². The fraction of sp³-hybridized carbons (Fsp3) is 0.533. The smallest absolute Gasteiger partial charge is 0.365 e. The molecule has 2 rings (SSSR count). The monoisotopic (exact) mass is 282 g/mol. The van der Waals surface area contributed by atoms with Gasteiger partial charge in [0.15, 0.2) is 0 Å². The van der Waals surface area contributed by atoms with Crippen LogP contribution in [0.15, 0.2) is 18.2 Å². The van der Waals surface area contributed by atoms with Crippen LogP contribution < -0.4 is 4.90 Å². The molecule has 0 radical (unpaired) electrons. The van der Waals surface area contributed by atoms with Crippen molar-refractivity contribution in [3.63, 3.8) is 0 Å². The summed E-state index contributed by atoms with van der Waals surface area (Å²) in [5.41, 5.74) is -0.0397. The Balaban J connectivity index is 2.45. The molecule has 20 heavy (non-hydrogen) atoms. The van der Waals surface area contributed by atoms with Crippen LogP contribution in [0.25, 0.3) is 0 Å². The number of alkyl halides is 3. The van der Waals surface area contributed by atoms with Gasteiger partial charge in [0, 0.05) is 12.1 Å². The minimum atomic E-state index is -4.41. The van der Waals surface area contributed by atoms with Crippen LogP contribution in [0.3, 0.4) is 0 Å². The molecule has 5 heteroatoms. The summed E-state index contributed by atoms with van der Waals surface area (Å²) in [5, 5.41) is 9.17. The van der Waals surface area contributed by atoms with E-state index in [0.29, 0.717) is 11.7 Å². The van der Waals surface area contributed by atoms with Crippen molar-refractivity contribution in [1.82, 2.24) is 0 Å². The number of halogens is 3. The first kappa shape index (κ1) is 14.7. The van der Waals surface area contributed by atoms with Crippen LogP contribution in [0.5, 0.6) is 0 Å². The fourth-order valence-corrected chi connectivity index (χ4v) is 2.93. The zero-order valence-corrected chi connectivity index (χ0v) is 11.5. The van der Waals surface area contributed by atoms with Crippen molar-refractivity contribution >= 4 is 5.69 Å².